The molecule has 0 aromatic rings. The van der Waals surface area contributed by atoms with Gasteiger partial charge in [0.15, 0.2) is 0 Å². The quantitative estimate of drug-likeness (QED) is 0.155. The third kappa shape index (κ3) is 17.9. The Hall–Kier alpha value is 0.310. The first-order valence-electron chi connectivity index (χ1n) is 14.1. The Morgan fingerprint density at radius 3 is 1.93 bits per heavy atom. The molecule has 1 heterocycles. The van der Waals surface area contributed by atoms with E-state index in [1.165, 1.54) is 147 Å². The van der Waals surface area contributed by atoms with Crippen molar-refractivity contribution in [3.8, 4) is 0 Å². The number of unbranched alkanes of at least 4 members (excludes halogenated alkanes) is 13. The molecular formula is C28H56OS. The minimum atomic E-state index is 0.596. The van der Waals surface area contributed by atoms with Gasteiger partial charge < -0.3 is 4.74 Å². The van der Waals surface area contributed by atoms with Crippen molar-refractivity contribution in [3.63, 3.8) is 0 Å². The molecule has 0 saturated carbocycles. The lowest BCUT2D eigenvalue weighted by atomic mass is 10.0. The largest absolute Gasteiger partial charge is 0.378 e. The molecule has 1 aliphatic heterocycles. The molecule has 1 nitrogen and oxygen atoms in total. The molecule has 0 amide bonds. The van der Waals surface area contributed by atoms with Crippen LogP contribution in [0, 0.1) is 0 Å². The standard InChI is InChI=1S/C28H56OS/c1-3-5-6-7-10-14-17-24-28(21-4-2)30-26-20-15-12-9-8-11-13-16-22-27-23-18-19-25-29-27/h27-28H,3-26H2,1-2H3. The topological polar surface area (TPSA) is 9.23 Å². The summed E-state index contributed by atoms with van der Waals surface area (Å²) in [6.45, 7) is 5.68. The van der Waals surface area contributed by atoms with Crippen molar-refractivity contribution in [3.05, 3.63) is 0 Å². The van der Waals surface area contributed by atoms with Gasteiger partial charge in [-0.3, -0.25) is 0 Å². The number of thioether (sulfide) groups is 1. The zero-order valence-electron chi connectivity index (χ0n) is 20.9. The molecule has 180 valence electrons. The maximum absolute atomic E-state index is 5.84. The first-order valence-corrected chi connectivity index (χ1v) is 15.1. The maximum atomic E-state index is 5.84. The highest BCUT2D eigenvalue weighted by molar-refractivity contribution is 7.99. The first-order chi connectivity index (χ1) is 14.9. The Kier molecular flexibility index (Phi) is 21.3. The minimum absolute atomic E-state index is 0.596. The van der Waals surface area contributed by atoms with Crippen molar-refractivity contribution in [2.24, 2.45) is 0 Å². The molecule has 0 aromatic carbocycles. The Morgan fingerprint density at radius 1 is 0.667 bits per heavy atom. The summed E-state index contributed by atoms with van der Waals surface area (Å²) >= 11 is 2.29. The van der Waals surface area contributed by atoms with Gasteiger partial charge in [-0.25, -0.2) is 0 Å². The van der Waals surface area contributed by atoms with Gasteiger partial charge >= 0.3 is 0 Å². The van der Waals surface area contributed by atoms with Crippen LogP contribution in [-0.4, -0.2) is 23.7 Å². The molecule has 1 saturated heterocycles. The maximum Gasteiger partial charge on any atom is 0.0575 e. The van der Waals surface area contributed by atoms with Crippen molar-refractivity contribution in [2.45, 2.75) is 166 Å². The lowest BCUT2D eigenvalue weighted by Crippen LogP contribution is -2.18. The van der Waals surface area contributed by atoms with Crippen LogP contribution in [0.15, 0.2) is 0 Å². The molecule has 2 unspecified atom stereocenters. The van der Waals surface area contributed by atoms with Gasteiger partial charge in [-0.15, -0.1) is 0 Å². The van der Waals surface area contributed by atoms with Gasteiger partial charge in [0.05, 0.1) is 6.10 Å². The van der Waals surface area contributed by atoms with E-state index in [4.69, 9.17) is 4.74 Å². The average Bonchev–Trinajstić information content (AvgIpc) is 2.77. The second-order valence-corrected chi connectivity index (χ2v) is 11.2. The van der Waals surface area contributed by atoms with Crippen molar-refractivity contribution in [1.82, 2.24) is 0 Å². The molecular weight excluding hydrogens is 384 g/mol. The van der Waals surface area contributed by atoms with E-state index in [0.29, 0.717) is 6.10 Å². The molecule has 0 bridgehead atoms. The van der Waals surface area contributed by atoms with Crippen LogP contribution in [0.1, 0.15) is 155 Å². The molecule has 1 aliphatic rings. The van der Waals surface area contributed by atoms with Gasteiger partial charge in [-0.05, 0) is 50.7 Å². The van der Waals surface area contributed by atoms with Crippen LogP contribution in [0.25, 0.3) is 0 Å². The van der Waals surface area contributed by atoms with Crippen LogP contribution in [-0.2, 0) is 4.74 Å². The SMILES string of the molecule is CCCCCCCCCC(CCC)SCCCCCCCCCCC1CCCCO1. The van der Waals surface area contributed by atoms with Crippen LogP contribution in [0.3, 0.4) is 0 Å². The average molecular weight is 441 g/mol. The molecule has 1 fully saturated rings. The molecule has 0 spiro atoms. The fraction of sp³-hybridized carbons (Fsp3) is 1.00. The number of hydrogen-bond acceptors (Lipinski definition) is 2. The van der Waals surface area contributed by atoms with Crippen LogP contribution in [0.4, 0.5) is 0 Å². The van der Waals surface area contributed by atoms with Crippen LogP contribution < -0.4 is 0 Å². The molecule has 1 rings (SSSR count). The van der Waals surface area contributed by atoms with Gasteiger partial charge in [0.1, 0.15) is 0 Å². The van der Waals surface area contributed by atoms with Gasteiger partial charge in [-0.1, -0.05) is 110 Å². The van der Waals surface area contributed by atoms with E-state index >= 15 is 0 Å². The third-order valence-electron chi connectivity index (χ3n) is 6.79. The van der Waals surface area contributed by atoms with E-state index in [1.54, 1.807) is 0 Å². The number of hydrogen-bond donors (Lipinski definition) is 0. The summed E-state index contributed by atoms with van der Waals surface area (Å²) in [6, 6.07) is 0. The Balaban J connectivity index is 1.83. The van der Waals surface area contributed by atoms with E-state index in [-0.39, 0.29) is 0 Å². The summed E-state index contributed by atoms with van der Waals surface area (Å²) in [5.74, 6) is 1.41. The first kappa shape index (κ1) is 28.3. The second kappa shape index (κ2) is 22.5. The molecule has 0 aromatic heterocycles. The highest BCUT2D eigenvalue weighted by Gasteiger charge is 2.12. The fourth-order valence-electron chi connectivity index (χ4n) is 4.78. The van der Waals surface area contributed by atoms with Crippen molar-refractivity contribution in [1.29, 1.82) is 0 Å². The Morgan fingerprint density at radius 2 is 1.30 bits per heavy atom. The smallest absolute Gasteiger partial charge is 0.0575 e. The highest BCUT2D eigenvalue weighted by Crippen LogP contribution is 2.25. The molecule has 0 N–H and O–H groups in total. The van der Waals surface area contributed by atoms with E-state index in [9.17, 15) is 0 Å². The monoisotopic (exact) mass is 440 g/mol. The zero-order valence-corrected chi connectivity index (χ0v) is 21.8. The van der Waals surface area contributed by atoms with Crippen LogP contribution >= 0.6 is 11.8 Å². The van der Waals surface area contributed by atoms with Gasteiger partial charge in [0, 0.05) is 11.9 Å². The molecule has 2 heteroatoms. The van der Waals surface area contributed by atoms with E-state index in [2.05, 4.69) is 25.6 Å². The minimum Gasteiger partial charge on any atom is -0.378 e. The van der Waals surface area contributed by atoms with E-state index in [1.807, 2.05) is 0 Å². The Bertz CT molecular complexity index is 327. The van der Waals surface area contributed by atoms with Crippen LogP contribution in [0.5, 0.6) is 0 Å². The molecule has 30 heavy (non-hydrogen) atoms. The van der Waals surface area contributed by atoms with Gasteiger partial charge in [0.2, 0.25) is 0 Å². The molecule has 0 radical (unpaired) electrons. The Labute approximate surface area is 195 Å². The summed E-state index contributed by atoms with van der Waals surface area (Å²) in [5, 5.41) is 0.943. The summed E-state index contributed by atoms with van der Waals surface area (Å²) in [5.41, 5.74) is 0. The normalized spacial score (nSPS) is 18.0. The second-order valence-electron chi connectivity index (χ2n) is 9.80. The summed E-state index contributed by atoms with van der Waals surface area (Å²) in [4.78, 5) is 0. The zero-order chi connectivity index (χ0) is 21.5. The van der Waals surface area contributed by atoms with Gasteiger partial charge in [-0.2, -0.15) is 11.8 Å². The summed E-state index contributed by atoms with van der Waals surface area (Å²) < 4.78 is 5.84. The molecule has 2 atom stereocenters. The van der Waals surface area contributed by atoms with E-state index < -0.39 is 0 Å². The third-order valence-corrected chi connectivity index (χ3v) is 8.26. The summed E-state index contributed by atoms with van der Waals surface area (Å²) in [6.07, 6.45) is 31.8. The number of ether oxygens (including phenoxy) is 1. The van der Waals surface area contributed by atoms with Gasteiger partial charge in [0.25, 0.3) is 0 Å². The van der Waals surface area contributed by atoms with E-state index in [0.717, 1.165) is 11.9 Å². The van der Waals surface area contributed by atoms with Crippen molar-refractivity contribution in [2.75, 3.05) is 12.4 Å². The number of rotatable bonds is 22. The predicted molar refractivity (Wildman–Crippen MR) is 139 cm³/mol. The molecule has 0 aliphatic carbocycles. The fourth-order valence-corrected chi connectivity index (χ4v) is 6.22. The lowest BCUT2D eigenvalue weighted by Gasteiger charge is -2.22. The van der Waals surface area contributed by atoms with Crippen molar-refractivity contribution >= 4 is 11.8 Å². The highest BCUT2D eigenvalue weighted by atomic mass is 32.2. The predicted octanol–water partition coefficient (Wildman–Crippen LogP) is 10.1. The van der Waals surface area contributed by atoms with Crippen LogP contribution in [0.2, 0.25) is 0 Å². The lowest BCUT2D eigenvalue weighted by molar-refractivity contribution is 0.00977. The van der Waals surface area contributed by atoms with Crippen molar-refractivity contribution < 1.29 is 4.74 Å². The summed E-state index contributed by atoms with van der Waals surface area (Å²) in [7, 11) is 0.